The van der Waals surface area contributed by atoms with Gasteiger partial charge >= 0.3 is 0 Å². The Bertz CT molecular complexity index is 260. The van der Waals surface area contributed by atoms with Gasteiger partial charge in [-0.3, -0.25) is 4.79 Å². The lowest BCUT2D eigenvalue weighted by Gasteiger charge is -2.31. The van der Waals surface area contributed by atoms with Gasteiger partial charge < -0.3 is 15.4 Å². The molecule has 17 heavy (non-hydrogen) atoms. The molecule has 0 amide bonds. The molecule has 0 spiro atoms. The number of hydrogen-bond acceptors (Lipinski definition) is 6. The monoisotopic (exact) mass is 278 g/mol. The lowest BCUT2D eigenvalue weighted by Crippen LogP contribution is -2.47. The van der Waals surface area contributed by atoms with Crippen LogP contribution in [-0.2, 0) is 9.59 Å². The molecule has 0 saturated heterocycles. The van der Waals surface area contributed by atoms with E-state index in [4.69, 9.17) is 0 Å². The van der Waals surface area contributed by atoms with Gasteiger partial charge in [0.25, 0.3) is 0 Å². The SMILES string of the molecule is CN[C@H](C=O)CSSC(C)(C)[C@H](NC)C(C)=O. The lowest BCUT2D eigenvalue weighted by atomic mass is 10.0. The number of Topliss-reactive ketones (excluding diaryl/α,β-unsaturated/α-hetero) is 1. The van der Waals surface area contributed by atoms with Crippen LogP contribution in [-0.4, -0.2) is 48.7 Å². The van der Waals surface area contributed by atoms with Gasteiger partial charge in [-0.1, -0.05) is 21.6 Å². The number of likely N-dealkylation sites (N-methyl/N-ethyl adjacent to an activating group) is 2. The second-order valence-corrected chi connectivity index (χ2v) is 7.33. The summed E-state index contributed by atoms with van der Waals surface area (Å²) < 4.78 is -0.202. The molecule has 2 atom stereocenters. The van der Waals surface area contributed by atoms with E-state index in [0.29, 0.717) is 5.75 Å². The Morgan fingerprint density at radius 3 is 2.29 bits per heavy atom. The van der Waals surface area contributed by atoms with Gasteiger partial charge in [0, 0.05) is 10.5 Å². The second-order valence-electron chi connectivity index (χ2n) is 4.33. The summed E-state index contributed by atoms with van der Waals surface area (Å²) in [6.45, 7) is 5.65. The zero-order valence-electron chi connectivity index (χ0n) is 11.1. The third-order valence-electron chi connectivity index (χ3n) is 2.45. The Hall–Kier alpha value is -0.0400. The van der Waals surface area contributed by atoms with Crippen molar-refractivity contribution in [3.05, 3.63) is 0 Å². The van der Waals surface area contributed by atoms with Crippen LogP contribution in [0.25, 0.3) is 0 Å². The Labute approximate surface area is 111 Å². The zero-order valence-corrected chi connectivity index (χ0v) is 12.7. The maximum atomic E-state index is 11.5. The van der Waals surface area contributed by atoms with Crippen LogP contribution in [0.1, 0.15) is 20.8 Å². The Morgan fingerprint density at radius 1 is 1.35 bits per heavy atom. The summed E-state index contributed by atoms with van der Waals surface area (Å²) in [5.41, 5.74) is 0. The first-order valence-electron chi connectivity index (χ1n) is 5.50. The molecule has 0 aliphatic heterocycles. The van der Waals surface area contributed by atoms with Crippen molar-refractivity contribution < 1.29 is 9.59 Å². The van der Waals surface area contributed by atoms with E-state index in [9.17, 15) is 9.59 Å². The number of rotatable bonds is 9. The lowest BCUT2D eigenvalue weighted by molar-refractivity contribution is -0.119. The molecule has 0 radical (unpaired) electrons. The molecule has 4 nitrogen and oxygen atoms in total. The number of ketones is 1. The van der Waals surface area contributed by atoms with Crippen LogP contribution in [0.4, 0.5) is 0 Å². The van der Waals surface area contributed by atoms with Gasteiger partial charge in [-0.25, -0.2) is 0 Å². The van der Waals surface area contributed by atoms with Crippen molar-refractivity contribution in [2.24, 2.45) is 0 Å². The molecule has 0 saturated carbocycles. The minimum Gasteiger partial charge on any atom is -0.310 e. The normalized spacial score (nSPS) is 15.4. The third kappa shape index (κ3) is 5.90. The quantitative estimate of drug-likeness (QED) is 0.487. The summed E-state index contributed by atoms with van der Waals surface area (Å²) in [6.07, 6.45) is 0.904. The van der Waals surface area contributed by atoms with Gasteiger partial charge in [0.2, 0.25) is 0 Å². The molecule has 6 heteroatoms. The standard InChI is InChI=1S/C11H22N2O2S2/c1-8(15)10(13-5)11(2,3)17-16-7-9(6-14)12-4/h6,9-10,12-13H,7H2,1-5H3/t9-,10-/m1/s1. The number of nitrogens with one attached hydrogen (secondary N) is 2. The fourth-order valence-corrected chi connectivity index (χ4v) is 4.53. The van der Waals surface area contributed by atoms with Crippen molar-refractivity contribution in [3.63, 3.8) is 0 Å². The first-order valence-corrected chi connectivity index (χ1v) is 7.81. The predicted molar refractivity (Wildman–Crippen MR) is 76.6 cm³/mol. The van der Waals surface area contributed by atoms with Gasteiger partial charge in [0.05, 0.1) is 12.1 Å². The van der Waals surface area contributed by atoms with Gasteiger partial charge in [-0.15, -0.1) is 0 Å². The highest BCUT2D eigenvalue weighted by Crippen LogP contribution is 2.38. The summed E-state index contributed by atoms with van der Waals surface area (Å²) >= 11 is 0. The molecule has 0 aromatic heterocycles. The fraction of sp³-hybridized carbons (Fsp3) is 0.818. The van der Waals surface area contributed by atoms with Crippen molar-refractivity contribution in [1.29, 1.82) is 0 Å². The third-order valence-corrected chi connectivity index (χ3v) is 5.78. The number of aldehydes is 1. The second kappa shape index (κ2) is 8.13. The molecule has 0 aliphatic rings. The predicted octanol–water partition coefficient (Wildman–Crippen LogP) is 1.11. The molecule has 0 bridgehead atoms. The van der Waals surface area contributed by atoms with Crippen LogP contribution < -0.4 is 10.6 Å². The van der Waals surface area contributed by atoms with Gasteiger partial charge in [-0.05, 0) is 34.9 Å². The van der Waals surface area contributed by atoms with Crippen molar-refractivity contribution in [1.82, 2.24) is 10.6 Å². The van der Waals surface area contributed by atoms with Gasteiger partial charge in [0.1, 0.15) is 12.1 Å². The highest BCUT2D eigenvalue weighted by Gasteiger charge is 2.32. The first kappa shape index (κ1) is 17.0. The molecule has 0 aromatic rings. The Morgan fingerprint density at radius 2 is 1.94 bits per heavy atom. The van der Waals surface area contributed by atoms with E-state index in [1.807, 2.05) is 13.8 Å². The largest absolute Gasteiger partial charge is 0.310 e. The molecule has 0 heterocycles. The summed E-state index contributed by atoms with van der Waals surface area (Å²) in [6, 6.07) is -0.307. The van der Waals surface area contributed by atoms with E-state index >= 15 is 0 Å². The molecule has 0 fully saturated rings. The van der Waals surface area contributed by atoms with Crippen LogP contribution in [0.3, 0.4) is 0 Å². The van der Waals surface area contributed by atoms with Crippen molar-refractivity contribution >= 4 is 33.7 Å². The van der Waals surface area contributed by atoms with Crippen LogP contribution in [0.15, 0.2) is 0 Å². The van der Waals surface area contributed by atoms with E-state index in [1.165, 1.54) is 0 Å². The average Bonchev–Trinajstić information content (AvgIpc) is 2.24. The fourth-order valence-electron chi connectivity index (χ4n) is 1.54. The molecule has 0 unspecified atom stereocenters. The zero-order chi connectivity index (χ0) is 13.5. The molecule has 0 aromatic carbocycles. The van der Waals surface area contributed by atoms with E-state index in [1.54, 1.807) is 42.6 Å². The minimum atomic E-state index is -0.202. The van der Waals surface area contributed by atoms with Crippen molar-refractivity contribution in [2.45, 2.75) is 37.6 Å². The van der Waals surface area contributed by atoms with E-state index in [0.717, 1.165) is 6.29 Å². The maximum Gasteiger partial charge on any atom is 0.148 e. The summed E-state index contributed by atoms with van der Waals surface area (Å²) in [5.74, 6) is 0.828. The minimum absolute atomic E-state index is 0.131. The van der Waals surface area contributed by atoms with E-state index < -0.39 is 0 Å². The average molecular weight is 278 g/mol. The molecular formula is C11H22N2O2S2. The topological polar surface area (TPSA) is 58.2 Å². The molecule has 0 rings (SSSR count). The van der Waals surface area contributed by atoms with E-state index in [-0.39, 0.29) is 22.6 Å². The highest BCUT2D eigenvalue weighted by atomic mass is 33.1. The molecule has 100 valence electrons. The maximum absolute atomic E-state index is 11.5. The summed E-state index contributed by atoms with van der Waals surface area (Å²) in [4.78, 5) is 22.1. The smallest absolute Gasteiger partial charge is 0.148 e. The molecular weight excluding hydrogens is 256 g/mol. The summed E-state index contributed by atoms with van der Waals surface area (Å²) in [7, 11) is 6.80. The van der Waals surface area contributed by atoms with Crippen molar-refractivity contribution in [3.8, 4) is 0 Å². The molecule has 2 N–H and O–H groups in total. The Kier molecular flexibility index (Phi) is 8.11. The number of carbonyl (C=O) groups is 2. The van der Waals surface area contributed by atoms with Crippen LogP contribution in [0, 0.1) is 0 Å². The number of hydrogen-bond donors (Lipinski definition) is 2. The van der Waals surface area contributed by atoms with Crippen molar-refractivity contribution in [2.75, 3.05) is 19.8 Å². The highest BCUT2D eigenvalue weighted by molar-refractivity contribution is 8.77. The van der Waals surface area contributed by atoms with E-state index in [2.05, 4.69) is 10.6 Å². The van der Waals surface area contributed by atoms with Gasteiger partial charge in [-0.2, -0.15) is 0 Å². The van der Waals surface area contributed by atoms with Crippen LogP contribution in [0.5, 0.6) is 0 Å². The Balaban J connectivity index is 4.25. The van der Waals surface area contributed by atoms with Crippen LogP contribution in [0.2, 0.25) is 0 Å². The first-order chi connectivity index (χ1) is 7.88. The number of carbonyl (C=O) groups excluding carboxylic acids is 2. The summed E-state index contributed by atoms with van der Waals surface area (Å²) in [5, 5.41) is 5.96. The van der Waals surface area contributed by atoms with Crippen LogP contribution >= 0.6 is 21.6 Å². The van der Waals surface area contributed by atoms with Gasteiger partial charge in [0.15, 0.2) is 0 Å². The molecule has 0 aliphatic carbocycles.